The second kappa shape index (κ2) is 12.7. The number of anilines is 1. The van der Waals surface area contributed by atoms with Crippen molar-refractivity contribution in [3.8, 4) is 0 Å². The van der Waals surface area contributed by atoms with Gasteiger partial charge < -0.3 is 23.8 Å². The zero-order valence-corrected chi connectivity index (χ0v) is 26.1. The molecule has 9 nitrogen and oxygen atoms in total. The maximum Gasteiger partial charge on any atom is 0.340 e. The molecule has 1 aromatic carbocycles. The minimum atomic E-state index is -0.945. The van der Waals surface area contributed by atoms with Crippen LogP contribution in [0.15, 0.2) is 30.3 Å². The lowest BCUT2D eigenvalue weighted by atomic mass is 9.92. The highest BCUT2D eigenvalue weighted by Gasteiger charge is 2.38. The van der Waals surface area contributed by atoms with Gasteiger partial charge in [-0.1, -0.05) is 24.3 Å². The van der Waals surface area contributed by atoms with Gasteiger partial charge in [0.05, 0.1) is 42.3 Å². The van der Waals surface area contributed by atoms with Gasteiger partial charge in [0, 0.05) is 31.5 Å². The molecule has 0 unspecified atom stereocenters. The number of ether oxygens (including phenoxy) is 4. The fourth-order valence-corrected chi connectivity index (χ4v) is 5.92. The monoisotopic (exact) mass is 578 g/mol. The highest BCUT2D eigenvalue weighted by molar-refractivity contribution is 5.80. The van der Waals surface area contributed by atoms with E-state index in [9.17, 15) is 4.79 Å². The van der Waals surface area contributed by atoms with Crippen molar-refractivity contribution in [2.45, 2.75) is 104 Å². The normalized spacial score (nSPS) is 18.9. The van der Waals surface area contributed by atoms with Crippen molar-refractivity contribution in [3.63, 3.8) is 0 Å². The van der Waals surface area contributed by atoms with E-state index in [1.807, 2.05) is 45.2 Å². The first-order valence-electron chi connectivity index (χ1n) is 15.3. The van der Waals surface area contributed by atoms with E-state index in [2.05, 4.69) is 36.1 Å². The molecule has 228 valence electrons. The standard InChI is InChI=1S/C33H46N4O5/c1-7-40-31(38)29(42-32(3,4)5)28-23(2)34-27-20-26-22-39-21-25-14-9-8-12-24(25)13-10-11-19-41-33(6)15-17-36(18-16-33)30(28)37(27)35-26/h8-9,12,14,20,29H,7,10-11,13,15-19,21-22H2,1-6H3/t29-/m0/s1. The van der Waals surface area contributed by atoms with Gasteiger partial charge in [-0.3, -0.25) is 0 Å². The van der Waals surface area contributed by atoms with E-state index >= 15 is 0 Å². The van der Waals surface area contributed by atoms with Crippen LogP contribution in [0.5, 0.6) is 0 Å². The molecule has 0 N–H and O–H groups in total. The van der Waals surface area contributed by atoms with E-state index in [1.165, 1.54) is 11.1 Å². The molecule has 9 heteroatoms. The van der Waals surface area contributed by atoms with Crippen molar-refractivity contribution in [2.75, 3.05) is 31.2 Å². The third-order valence-electron chi connectivity index (χ3n) is 8.13. The number of esters is 1. The molecule has 42 heavy (non-hydrogen) atoms. The van der Waals surface area contributed by atoms with Crippen molar-refractivity contribution in [2.24, 2.45) is 0 Å². The van der Waals surface area contributed by atoms with Crippen LogP contribution < -0.4 is 4.90 Å². The summed E-state index contributed by atoms with van der Waals surface area (Å²) < 4.78 is 26.5. The van der Waals surface area contributed by atoms with Crippen LogP contribution in [0.1, 0.15) is 94.5 Å². The molecule has 3 aliphatic rings. The van der Waals surface area contributed by atoms with Crippen LogP contribution in [-0.4, -0.2) is 58.1 Å². The second-order valence-electron chi connectivity index (χ2n) is 12.7. The van der Waals surface area contributed by atoms with Crippen LogP contribution in [0.3, 0.4) is 0 Å². The Kier molecular flexibility index (Phi) is 9.20. The summed E-state index contributed by atoms with van der Waals surface area (Å²) >= 11 is 0. The fraction of sp³-hybridized carbons (Fsp3) is 0.606. The first-order valence-corrected chi connectivity index (χ1v) is 15.3. The molecular weight excluding hydrogens is 532 g/mol. The molecule has 0 spiro atoms. The Bertz CT molecular complexity index is 1390. The predicted molar refractivity (Wildman–Crippen MR) is 162 cm³/mol. The summed E-state index contributed by atoms with van der Waals surface area (Å²) in [6.07, 6.45) is 3.87. The average molecular weight is 579 g/mol. The first-order chi connectivity index (χ1) is 20.1. The molecule has 1 fully saturated rings. The molecule has 0 aliphatic carbocycles. The van der Waals surface area contributed by atoms with Crippen molar-refractivity contribution < 1.29 is 23.7 Å². The molecule has 1 saturated heterocycles. The number of hydrogen-bond acceptors (Lipinski definition) is 8. The summed E-state index contributed by atoms with van der Waals surface area (Å²) in [5.74, 6) is 0.395. The van der Waals surface area contributed by atoms with Gasteiger partial charge in [-0.15, -0.1) is 0 Å². The number of rotatable bonds is 4. The van der Waals surface area contributed by atoms with Crippen LogP contribution in [0, 0.1) is 6.92 Å². The molecule has 0 radical (unpaired) electrons. The van der Waals surface area contributed by atoms with E-state index in [4.69, 9.17) is 29.0 Å². The molecule has 6 rings (SSSR count). The van der Waals surface area contributed by atoms with E-state index in [0.717, 1.165) is 69.0 Å². The Morgan fingerprint density at radius 3 is 2.57 bits per heavy atom. The molecule has 3 aliphatic heterocycles. The van der Waals surface area contributed by atoms with Gasteiger partial charge in [-0.2, -0.15) is 9.61 Å². The Labute approximate surface area is 249 Å². The summed E-state index contributed by atoms with van der Waals surface area (Å²) in [4.78, 5) is 20.6. The quantitative estimate of drug-likeness (QED) is 0.355. The minimum Gasteiger partial charge on any atom is -0.464 e. The zero-order chi connectivity index (χ0) is 29.9. The summed E-state index contributed by atoms with van der Waals surface area (Å²) in [6.45, 7) is 15.2. The Morgan fingerprint density at radius 1 is 1.12 bits per heavy atom. The van der Waals surface area contributed by atoms with Crippen LogP contribution in [-0.2, 0) is 43.4 Å². The number of benzene rings is 1. The number of carbonyl (C=O) groups is 1. The van der Waals surface area contributed by atoms with Crippen molar-refractivity contribution in [3.05, 3.63) is 58.4 Å². The van der Waals surface area contributed by atoms with Gasteiger partial charge in [0.2, 0.25) is 0 Å². The largest absolute Gasteiger partial charge is 0.464 e. The average Bonchev–Trinajstić information content (AvgIpc) is 3.33. The van der Waals surface area contributed by atoms with Crippen LogP contribution >= 0.6 is 0 Å². The molecule has 1 atom stereocenters. The molecule has 0 saturated carbocycles. The summed E-state index contributed by atoms with van der Waals surface area (Å²) in [5, 5.41) is 4.98. The number of aryl methyl sites for hydroxylation is 2. The van der Waals surface area contributed by atoms with E-state index < -0.39 is 17.7 Å². The van der Waals surface area contributed by atoms with Gasteiger partial charge in [-0.05, 0) is 84.8 Å². The minimum absolute atomic E-state index is 0.202. The number of aromatic nitrogens is 3. The van der Waals surface area contributed by atoms with E-state index in [0.29, 0.717) is 24.4 Å². The van der Waals surface area contributed by atoms with Gasteiger partial charge in [-0.25, -0.2) is 9.78 Å². The lowest BCUT2D eigenvalue weighted by Gasteiger charge is -2.41. The third-order valence-corrected chi connectivity index (χ3v) is 8.13. The van der Waals surface area contributed by atoms with Gasteiger partial charge in [0.1, 0.15) is 5.82 Å². The Morgan fingerprint density at radius 2 is 1.86 bits per heavy atom. The molecule has 3 aromatic rings. The van der Waals surface area contributed by atoms with Crippen molar-refractivity contribution in [1.29, 1.82) is 0 Å². The number of carbonyl (C=O) groups excluding carboxylic acids is 1. The van der Waals surface area contributed by atoms with Crippen LogP contribution in [0.2, 0.25) is 0 Å². The smallest absolute Gasteiger partial charge is 0.340 e. The molecule has 5 heterocycles. The van der Waals surface area contributed by atoms with Gasteiger partial charge in [0.25, 0.3) is 0 Å². The van der Waals surface area contributed by atoms with Crippen LogP contribution in [0.4, 0.5) is 5.82 Å². The number of piperidine rings is 1. The molecular formula is C33H46N4O5. The zero-order valence-electron chi connectivity index (χ0n) is 26.1. The van der Waals surface area contributed by atoms with E-state index in [-0.39, 0.29) is 12.2 Å². The third kappa shape index (κ3) is 6.96. The van der Waals surface area contributed by atoms with Gasteiger partial charge >= 0.3 is 5.97 Å². The Hall–Kier alpha value is -3.01. The lowest BCUT2D eigenvalue weighted by Crippen LogP contribution is -2.46. The van der Waals surface area contributed by atoms with Crippen molar-refractivity contribution in [1.82, 2.24) is 14.6 Å². The Balaban J connectivity index is 1.59. The fourth-order valence-electron chi connectivity index (χ4n) is 5.92. The highest BCUT2D eigenvalue weighted by atomic mass is 16.6. The maximum atomic E-state index is 13.4. The van der Waals surface area contributed by atoms with Crippen molar-refractivity contribution >= 4 is 17.4 Å². The highest BCUT2D eigenvalue weighted by Crippen LogP contribution is 2.38. The summed E-state index contributed by atoms with van der Waals surface area (Å²) in [7, 11) is 0. The summed E-state index contributed by atoms with van der Waals surface area (Å²) in [5.41, 5.74) is 4.65. The summed E-state index contributed by atoms with van der Waals surface area (Å²) in [6, 6.07) is 10.5. The topological polar surface area (TPSA) is 87.4 Å². The lowest BCUT2D eigenvalue weighted by molar-refractivity contribution is -0.166. The van der Waals surface area contributed by atoms with Crippen LogP contribution in [0.25, 0.3) is 5.65 Å². The SMILES string of the molecule is CCOC(=O)[C@@H](OC(C)(C)C)c1c(C)nc2cc3nn2c1N1CCC(C)(CC1)OCCCCc1ccccc1COC3. The number of hydrogen-bond donors (Lipinski definition) is 0. The van der Waals surface area contributed by atoms with E-state index in [1.54, 1.807) is 0 Å². The maximum absolute atomic E-state index is 13.4. The van der Waals surface area contributed by atoms with Gasteiger partial charge in [0.15, 0.2) is 11.8 Å². The first kappa shape index (κ1) is 30.4. The number of nitrogens with zero attached hydrogens (tertiary/aromatic N) is 4. The number of fused-ring (bicyclic) bond motifs is 8. The predicted octanol–water partition coefficient (Wildman–Crippen LogP) is 5.89. The molecule has 0 amide bonds. The second-order valence-corrected chi connectivity index (χ2v) is 12.7. The molecule has 4 bridgehead atoms. The molecule has 2 aromatic heterocycles.